The molecule has 0 bridgehead atoms. The van der Waals surface area contributed by atoms with E-state index in [0.717, 1.165) is 5.56 Å². The molecule has 0 radical (unpaired) electrons. The summed E-state index contributed by atoms with van der Waals surface area (Å²) in [4.78, 5) is 64.4. The van der Waals surface area contributed by atoms with Gasteiger partial charge in [0.05, 0.1) is 14.2 Å². The minimum absolute atomic E-state index is 0.172. The van der Waals surface area contributed by atoms with Gasteiger partial charge in [-0.3, -0.25) is 0 Å². The molecule has 0 saturated carbocycles. The van der Waals surface area contributed by atoms with Gasteiger partial charge in [-0.05, 0) is 45.6 Å². The van der Waals surface area contributed by atoms with E-state index in [0.29, 0.717) is 0 Å². The quantitative estimate of drug-likeness (QED) is 0.142. The first-order valence-electron chi connectivity index (χ1n) is 13.1. The maximum Gasteiger partial charge on any atom is 0.334 e. The van der Waals surface area contributed by atoms with Gasteiger partial charge in [-0.2, -0.15) is 0 Å². The molecule has 0 spiro atoms. The Morgan fingerprint density at radius 2 is 0.911 bits per heavy atom. The van der Waals surface area contributed by atoms with Crippen LogP contribution in [0.3, 0.4) is 0 Å². The average molecular weight is 629 g/mol. The van der Waals surface area contributed by atoms with Crippen LogP contribution in [-0.4, -0.2) is 65.4 Å². The molecule has 3 N–H and O–H groups in total. The predicted molar refractivity (Wildman–Crippen MR) is 166 cm³/mol. The molecule has 244 valence electrons. The lowest BCUT2D eigenvalue weighted by molar-refractivity contribution is -0.140. The van der Waals surface area contributed by atoms with Gasteiger partial charge in [-0.1, -0.05) is 68.3 Å². The van der Waals surface area contributed by atoms with E-state index in [4.69, 9.17) is 20.1 Å². The van der Waals surface area contributed by atoms with E-state index in [2.05, 4.69) is 29.2 Å². The Balaban J connectivity index is 0. The van der Waals surface area contributed by atoms with Gasteiger partial charge in [0.1, 0.15) is 6.61 Å². The maximum absolute atomic E-state index is 11.6. The number of rotatable bonds is 14. The van der Waals surface area contributed by atoms with Crippen LogP contribution in [0.4, 0.5) is 0 Å². The lowest BCUT2D eigenvalue weighted by atomic mass is 10.1. The number of carboxylic acid groups (broad SMARTS) is 3. The maximum atomic E-state index is 11.6. The lowest BCUT2D eigenvalue weighted by Crippen LogP contribution is -2.07. The second-order valence-corrected chi connectivity index (χ2v) is 9.04. The zero-order valence-corrected chi connectivity index (χ0v) is 26.1. The summed E-state index contributed by atoms with van der Waals surface area (Å²) in [6, 6.07) is 9.30. The molecular weight excluding hydrogens is 588 g/mol. The molecule has 0 aromatic heterocycles. The third-order valence-corrected chi connectivity index (χ3v) is 5.43. The molecule has 1 aromatic rings. The van der Waals surface area contributed by atoms with Crippen molar-refractivity contribution in [2.24, 2.45) is 0 Å². The van der Waals surface area contributed by atoms with E-state index < -0.39 is 35.8 Å². The molecule has 12 heteroatoms. The largest absolute Gasteiger partial charge is 0.478 e. The van der Waals surface area contributed by atoms with Crippen molar-refractivity contribution in [3.63, 3.8) is 0 Å². The number of esters is 3. The average Bonchev–Trinajstić information content (AvgIpc) is 3.03. The number of methoxy groups -OCH3 is 2. The highest BCUT2D eigenvalue weighted by Gasteiger charge is 2.09. The molecule has 0 saturated heterocycles. The molecule has 0 fully saturated rings. The standard InChI is InChI=1S/C15H16O4.2C9H12O4/c1-11(14(16)17)8-9-12(2)15(18)19-10-13-6-4-3-5-7-13;2*1-6(8(10)11)4-5-7(2)9(12)13-3/h3-8H,2,9-10H2,1H3,(H,16,17);2*4H,2,5H2,1,3H3,(H,10,11). The zero-order chi connectivity index (χ0) is 35.1. The van der Waals surface area contributed by atoms with Crippen LogP contribution in [0.5, 0.6) is 0 Å². The summed E-state index contributed by atoms with van der Waals surface area (Å²) in [5, 5.41) is 25.6. The molecular formula is C33H40O12. The lowest BCUT2D eigenvalue weighted by Gasteiger charge is -2.05. The Morgan fingerprint density at radius 3 is 1.20 bits per heavy atom. The van der Waals surface area contributed by atoms with Crippen LogP contribution in [0.2, 0.25) is 0 Å². The summed E-state index contributed by atoms with van der Waals surface area (Å²) >= 11 is 0. The van der Waals surface area contributed by atoms with Crippen molar-refractivity contribution in [2.45, 2.75) is 46.6 Å². The van der Waals surface area contributed by atoms with Crippen molar-refractivity contribution in [1.82, 2.24) is 0 Å². The highest BCUT2D eigenvalue weighted by molar-refractivity contribution is 5.90. The summed E-state index contributed by atoms with van der Waals surface area (Å²) in [6.45, 7) is 15.0. The van der Waals surface area contributed by atoms with E-state index in [9.17, 15) is 28.8 Å². The zero-order valence-electron chi connectivity index (χ0n) is 26.1. The normalized spacial score (nSPS) is 10.8. The molecule has 0 amide bonds. The van der Waals surface area contributed by atoms with Crippen LogP contribution in [-0.2, 0) is 49.6 Å². The topological polar surface area (TPSA) is 191 Å². The molecule has 0 aliphatic heterocycles. The molecule has 0 aliphatic rings. The van der Waals surface area contributed by atoms with Crippen LogP contribution in [0.15, 0.2) is 102 Å². The number of ether oxygens (including phenoxy) is 3. The van der Waals surface area contributed by atoms with Crippen LogP contribution in [0.1, 0.15) is 45.6 Å². The van der Waals surface area contributed by atoms with Gasteiger partial charge >= 0.3 is 35.8 Å². The smallest absolute Gasteiger partial charge is 0.334 e. The van der Waals surface area contributed by atoms with Gasteiger partial charge in [0.25, 0.3) is 0 Å². The van der Waals surface area contributed by atoms with Crippen molar-refractivity contribution in [3.8, 4) is 0 Å². The Morgan fingerprint density at radius 1 is 0.600 bits per heavy atom. The predicted octanol–water partition coefficient (Wildman–Crippen LogP) is 4.98. The van der Waals surface area contributed by atoms with Crippen LogP contribution in [0, 0.1) is 0 Å². The van der Waals surface area contributed by atoms with Gasteiger partial charge < -0.3 is 29.5 Å². The fourth-order valence-electron chi connectivity index (χ4n) is 2.45. The first-order valence-corrected chi connectivity index (χ1v) is 13.1. The molecule has 12 nitrogen and oxygen atoms in total. The van der Waals surface area contributed by atoms with Gasteiger partial charge in [0, 0.05) is 33.4 Å². The van der Waals surface area contributed by atoms with Crippen molar-refractivity contribution < 1.29 is 58.3 Å². The second-order valence-electron chi connectivity index (χ2n) is 9.04. The number of aliphatic carboxylic acids is 3. The third-order valence-electron chi connectivity index (χ3n) is 5.43. The molecule has 0 heterocycles. The first kappa shape index (κ1) is 41.6. The Kier molecular flexibility index (Phi) is 21.3. The van der Waals surface area contributed by atoms with Crippen LogP contribution >= 0.6 is 0 Å². The monoisotopic (exact) mass is 628 g/mol. The number of carbonyl (C=O) groups excluding carboxylic acids is 3. The van der Waals surface area contributed by atoms with Gasteiger partial charge in [0.15, 0.2) is 0 Å². The summed E-state index contributed by atoms with van der Waals surface area (Å²) in [5.74, 6) is -4.57. The molecule has 1 rings (SSSR count). The van der Waals surface area contributed by atoms with Crippen LogP contribution in [0.25, 0.3) is 0 Å². The van der Waals surface area contributed by atoms with Gasteiger partial charge in [-0.25, -0.2) is 28.8 Å². The SMILES string of the molecule is C=C(CC=C(C)C(=O)O)C(=O)OC.C=C(CC=C(C)C(=O)O)C(=O)OC.C=C(CC=C(C)C(=O)O)C(=O)OCc1ccccc1. The van der Waals surface area contributed by atoms with E-state index in [-0.39, 0.29) is 59.3 Å². The summed E-state index contributed by atoms with van der Waals surface area (Å²) in [6.07, 6.45) is 4.85. The Hall–Kier alpha value is -5.52. The fraction of sp³-hybridized carbons (Fsp3) is 0.273. The highest BCUT2D eigenvalue weighted by atomic mass is 16.5. The number of benzene rings is 1. The van der Waals surface area contributed by atoms with Gasteiger partial charge in [-0.15, -0.1) is 0 Å². The first-order chi connectivity index (χ1) is 21.0. The molecule has 0 unspecified atom stereocenters. The molecule has 1 aromatic carbocycles. The molecule has 45 heavy (non-hydrogen) atoms. The minimum atomic E-state index is -1.01. The van der Waals surface area contributed by atoms with E-state index in [1.165, 1.54) is 53.2 Å². The highest BCUT2D eigenvalue weighted by Crippen LogP contribution is 2.09. The summed E-state index contributed by atoms with van der Waals surface area (Å²) < 4.78 is 13.8. The van der Waals surface area contributed by atoms with Crippen molar-refractivity contribution in [1.29, 1.82) is 0 Å². The van der Waals surface area contributed by atoms with E-state index in [1.54, 1.807) is 0 Å². The Bertz CT molecular complexity index is 1290. The van der Waals surface area contributed by atoms with Crippen molar-refractivity contribution >= 4 is 35.8 Å². The Labute approximate surface area is 262 Å². The van der Waals surface area contributed by atoms with E-state index in [1.807, 2.05) is 30.3 Å². The second kappa shape index (κ2) is 23.0. The fourth-order valence-corrected chi connectivity index (χ4v) is 2.45. The number of hydrogen-bond donors (Lipinski definition) is 3. The molecule has 0 atom stereocenters. The summed E-state index contributed by atoms with van der Waals surface area (Å²) in [7, 11) is 2.50. The molecule has 0 aliphatic carbocycles. The minimum Gasteiger partial charge on any atom is -0.478 e. The van der Waals surface area contributed by atoms with Gasteiger partial charge in [0.2, 0.25) is 0 Å². The van der Waals surface area contributed by atoms with Crippen molar-refractivity contribution in [2.75, 3.05) is 14.2 Å². The number of allylic oxidation sites excluding steroid dienone is 3. The van der Waals surface area contributed by atoms with Crippen LogP contribution < -0.4 is 0 Å². The number of carboxylic acids is 3. The van der Waals surface area contributed by atoms with Crippen molar-refractivity contribution in [3.05, 3.63) is 107 Å². The van der Waals surface area contributed by atoms with E-state index >= 15 is 0 Å². The third kappa shape index (κ3) is 20.1. The number of hydrogen-bond acceptors (Lipinski definition) is 9. The number of carbonyl (C=O) groups is 6. The summed E-state index contributed by atoms with van der Waals surface area (Å²) in [5.41, 5.74) is 2.15.